The van der Waals surface area contributed by atoms with E-state index in [9.17, 15) is 4.79 Å². The zero-order valence-electron chi connectivity index (χ0n) is 12.1. The van der Waals surface area contributed by atoms with Crippen molar-refractivity contribution in [3.05, 3.63) is 66.0 Å². The van der Waals surface area contributed by atoms with Crippen molar-refractivity contribution in [2.24, 2.45) is 10.7 Å². The summed E-state index contributed by atoms with van der Waals surface area (Å²) in [5, 5.41) is 7.18. The van der Waals surface area contributed by atoms with E-state index in [1.807, 2.05) is 42.5 Å². The van der Waals surface area contributed by atoms with Crippen LogP contribution < -0.4 is 5.73 Å². The van der Waals surface area contributed by atoms with Gasteiger partial charge in [-0.2, -0.15) is 0 Å². The second kappa shape index (κ2) is 7.83. The number of carbonyl (C=O) groups excluding carboxylic acids is 1. The van der Waals surface area contributed by atoms with Crippen molar-refractivity contribution in [3.63, 3.8) is 0 Å². The minimum Gasteiger partial charge on any atom is -0.368 e. The third kappa shape index (κ3) is 4.34. The number of rotatable bonds is 7. The van der Waals surface area contributed by atoms with Crippen molar-refractivity contribution in [2.45, 2.75) is 18.9 Å². The molecule has 0 aliphatic rings. The summed E-state index contributed by atoms with van der Waals surface area (Å²) in [6, 6.07) is 12.9. The number of benzene rings is 1. The molecule has 5 nitrogen and oxygen atoms in total. The predicted molar refractivity (Wildman–Crippen MR) is 87.3 cm³/mol. The Morgan fingerprint density at radius 1 is 1.23 bits per heavy atom. The molecule has 3 N–H and O–H groups in total. The number of nitrogens with one attached hydrogen (secondary N) is 1. The van der Waals surface area contributed by atoms with Crippen molar-refractivity contribution < 1.29 is 4.79 Å². The van der Waals surface area contributed by atoms with Gasteiger partial charge in [0.2, 0.25) is 5.91 Å². The number of hydrogen-bond acceptors (Lipinski definition) is 4. The average molecular weight is 294 g/mol. The Kier molecular flexibility index (Phi) is 5.54. The van der Waals surface area contributed by atoms with Crippen LogP contribution in [0, 0.1) is 5.41 Å². The van der Waals surface area contributed by atoms with Crippen molar-refractivity contribution >= 4 is 17.8 Å². The monoisotopic (exact) mass is 294 g/mol. The number of aromatic nitrogens is 1. The van der Waals surface area contributed by atoms with Crippen LogP contribution in [-0.4, -0.2) is 28.9 Å². The van der Waals surface area contributed by atoms with Crippen LogP contribution in [0.3, 0.4) is 0 Å². The van der Waals surface area contributed by atoms with E-state index in [4.69, 9.17) is 11.1 Å². The van der Waals surface area contributed by atoms with Crippen LogP contribution in [0.2, 0.25) is 0 Å². The molecule has 0 radical (unpaired) electrons. The average Bonchev–Trinajstić information content (AvgIpc) is 2.55. The van der Waals surface area contributed by atoms with Crippen LogP contribution in [0.1, 0.15) is 17.5 Å². The highest BCUT2D eigenvalue weighted by Gasteiger charge is 2.15. The highest BCUT2D eigenvalue weighted by Crippen LogP contribution is 2.10. The van der Waals surface area contributed by atoms with Gasteiger partial charge in [-0.15, -0.1) is 0 Å². The third-order valence-corrected chi connectivity index (χ3v) is 3.21. The normalized spacial score (nSPS) is 12.6. The number of nitrogens with zero attached hydrogens (tertiary/aromatic N) is 2. The molecule has 0 aliphatic carbocycles. The predicted octanol–water partition coefficient (Wildman–Crippen LogP) is 2.01. The molecule has 0 aliphatic heterocycles. The molecule has 1 aromatic carbocycles. The molecule has 1 atom stereocenters. The molecular formula is C17H18N4O. The van der Waals surface area contributed by atoms with E-state index in [1.54, 1.807) is 12.4 Å². The topological polar surface area (TPSA) is 92.2 Å². The Balaban J connectivity index is 2.36. The fourth-order valence-corrected chi connectivity index (χ4v) is 2.09. The van der Waals surface area contributed by atoms with Crippen LogP contribution in [0.5, 0.6) is 0 Å². The minimum absolute atomic E-state index is 0.207. The molecule has 0 saturated heterocycles. The second-order valence-electron chi connectivity index (χ2n) is 4.83. The maximum Gasteiger partial charge on any atom is 0.242 e. The van der Waals surface area contributed by atoms with Gasteiger partial charge in [0, 0.05) is 30.9 Å². The first-order chi connectivity index (χ1) is 10.7. The quantitative estimate of drug-likeness (QED) is 0.764. The fraction of sp³-hybridized carbons (Fsp3) is 0.176. The van der Waals surface area contributed by atoms with Crippen LogP contribution in [-0.2, 0) is 11.2 Å². The van der Waals surface area contributed by atoms with Crippen LogP contribution in [0.25, 0.3) is 0 Å². The first-order valence-electron chi connectivity index (χ1n) is 7.00. The molecular weight excluding hydrogens is 276 g/mol. The molecule has 0 spiro atoms. The number of aliphatic imine (C=N–C) groups is 1. The summed E-state index contributed by atoms with van der Waals surface area (Å²) >= 11 is 0. The van der Waals surface area contributed by atoms with E-state index in [2.05, 4.69) is 9.98 Å². The van der Waals surface area contributed by atoms with Gasteiger partial charge in [-0.3, -0.25) is 14.8 Å². The van der Waals surface area contributed by atoms with Crippen molar-refractivity contribution in [2.75, 3.05) is 0 Å². The van der Waals surface area contributed by atoms with E-state index in [0.29, 0.717) is 6.42 Å². The van der Waals surface area contributed by atoms with Gasteiger partial charge in [0.1, 0.15) is 6.04 Å². The van der Waals surface area contributed by atoms with Gasteiger partial charge in [-0.25, -0.2) is 0 Å². The van der Waals surface area contributed by atoms with Crippen molar-refractivity contribution in [3.8, 4) is 0 Å². The maximum absolute atomic E-state index is 11.5. The summed E-state index contributed by atoms with van der Waals surface area (Å²) in [5.41, 5.74) is 8.14. The van der Waals surface area contributed by atoms with E-state index < -0.39 is 11.9 Å². The summed E-state index contributed by atoms with van der Waals surface area (Å²) in [6.45, 7) is 0. The summed E-state index contributed by atoms with van der Waals surface area (Å²) in [7, 11) is 0. The van der Waals surface area contributed by atoms with Gasteiger partial charge < -0.3 is 11.1 Å². The smallest absolute Gasteiger partial charge is 0.242 e. The van der Waals surface area contributed by atoms with Crippen molar-refractivity contribution in [1.29, 1.82) is 5.41 Å². The van der Waals surface area contributed by atoms with Crippen LogP contribution in [0.4, 0.5) is 0 Å². The molecule has 2 rings (SSSR count). The van der Waals surface area contributed by atoms with E-state index in [-0.39, 0.29) is 6.42 Å². The number of carbonyl (C=O) groups is 1. The van der Waals surface area contributed by atoms with Gasteiger partial charge in [-0.05, 0) is 29.5 Å². The number of amides is 1. The number of primary amides is 1. The zero-order valence-corrected chi connectivity index (χ0v) is 12.1. The van der Waals surface area contributed by atoms with Crippen LogP contribution in [0.15, 0.2) is 59.9 Å². The maximum atomic E-state index is 11.5. The molecule has 1 heterocycles. The Morgan fingerprint density at radius 3 is 2.50 bits per heavy atom. The lowest BCUT2D eigenvalue weighted by Crippen LogP contribution is -2.29. The lowest BCUT2D eigenvalue weighted by Gasteiger charge is -2.11. The molecule has 0 saturated carbocycles. The van der Waals surface area contributed by atoms with Gasteiger partial charge in [0.25, 0.3) is 0 Å². The highest BCUT2D eigenvalue weighted by molar-refractivity contribution is 6.03. The van der Waals surface area contributed by atoms with Gasteiger partial charge in [-0.1, -0.05) is 30.3 Å². The molecule has 2 aromatic rings. The molecule has 5 heteroatoms. The van der Waals surface area contributed by atoms with Crippen molar-refractivity contribution in [1.82, 2.24) is 4.98 Å². The minimum atomic E-state index is -0.718. The molecule has 112 valence electrons. The number of nitrogens with two attached hydrogens (primary N) is 1. The zero-order chi connectivity index (χ0) is 15.8. The SMILES string of the molecule is N=CCC(N=C(Cc1ccccc1)c1ccncc1)C(N)=O. The fourth-order valence-electron chi connectivity index (χ4n) is 2.09. The third-order valence-electron chi connectivity index (χ3n) is 3.21. The largest absolute Gasteiger partial charge is 0.368 e. The summed E-state index contributed by atoms with van der Waals surface area (Å²) in [6.07, 6.45) is 5.33. The molecule has 22 heavy (non-hydrogen) atoms. The standard InChI is InChI=1S/C17H18N4O/c18-9-6-15(17(19)22)21-16(14-7-10-20-11-8-14)12-13-4-2-1-3-5-13/h1-5,7-11,15,18H,6,12H2,(H2,19,22). The molecule has 0 fully saturated rings. The molecule has 1 unspecified atom stereocenters. The van der Waals surface area contributed by atoms with Gasteiger partial charge >= 0.3 is 0 Å². The van der Waals surface area contributed by atoms with Crippen LogP contribution >= 0.6 is 0 Å². The molecule has 1 aromatic heterocycles. The Labute approximate surface area is 129 Å². The second-order valence-corrected chi connectivity index (χ2v) is 4.83. The Bertz CT molecular complexity index is 653. The first kappa shape index (κ1) is 15.6. The summed E-state index contributed by atoms with van der Waals surface area (Å²) < 4.78 is 0. The van der Waals surface area contributed by atoms with Gasteiger partial charge in [0.15, 0.2) is 0 Å². The first-order valence-corrected chi connectivity index (χ1v) is 7.00. The highest BCUT2D eigenvalue weighted by atomic mass is 16.1. The summed E-state index contributed by atoms with van der Waals surface area (Å²) in [5.74, 6) is -0.525. The summed E-state index contributed by atoms with van der Waals surface area (Å²) in [4.78, 5) is 20.0. The lowest BCUT2D eigenvalue weighted by molar-refractivity contribution is -0.119. The molecule has 0 bridgehead atoms. The number of pyridine rings is 1. The number of hydrogen-bond donors (Lipinski definition) is 2. The Morgan fingerprint density at radius 2 is 1.91 bits per heavy atom. The van der Waals surface area contributed by atoms with E-state index in [1.165, 1.54) is 0 Å². The molecule has 1 amide bonds. The Hall–Kier alpha value is -2.82. The van der Waals surface area contributed by atoms with E-state index in [0.717, 1.165) is 23.1 Å². The van der Waals surface area contributed by atoms with Gasteiger partial charge in [0.05, 0.1) is 0 Å². The lowest BCUT2D eigenvalue weighted by atomic mass is 10.0. The van der Waals surface area contributed by atoms with E-state index >= 15 is 0 Å².